The molecule has 0 aliphatic carbocycles. The van der Waals surface area contributed by atoms with Crippen LogP contribution >= 0.6 is 56.9 Å². The topological polar surface area (TPSA) is 92.4 Å². The number of phenols is 1. The number of hydrogen-bond acceptors (Lipinski definition) is 6. The normalized spacial score (nSPS) is 11.1. The van der Waals surface area contributed by atoms with Crippen molar-refractivity contribution in [2.24, 2.45) is 5.10 Å². The van der Waals surface area contributed by atoms with Gasteiger partial charge in [0.1, 0.15) is 5.75 Å². The molecular formula is C23H17I2N5O2S. The number of nitrogens with zero attached hydrogens (tertiary/aromatic N) is 4. The molecule has 10 heteroatoms. The Balaban J connectivity index is 1.48. The standard InChI is InChI=1S/C23H17I2N5O2S/c24-17-11-16(21(32)19(25)12-17)13-26-27-20(31)14-33-23-29-28-22(15-7-3-1-4-8-15)30(23)18-9-5-2-6-10-18/h1-13,32H,14H2,(H,27,31)/b26-13-. The van der Waals surface area contributed by atoms with Gasteiger partial charge in [0.25, 0.3) is 5.91 Å². The van der Waals surface area contributed by atoms with Crippen LogP contribution in [0.5, 0.6) is 5.75 Å². The van der Waals surface area contributed by atoms with Crippen LogP contribution in [-0.4, -0.2) is 37.7 Å². The third-order valence-corrected chi connectivity index (χ3v) is 6.84. The first-order chi connectivity index (χ1) is 16.0. The summed E-state index contributed by atoms with van der Waals surface area (Å²) in [6, 6.07) is 23.2. The summed E-state index contributed by atoms with van der Waals surface area (Å²) in [5, 5.41) is 23.4. The summed E-state index contributed by atoms with van der Waals surface area (Å²) in [5.41, 5.74) is 4.88. The van der Waals surface area contributed by atoms with Crippen LogP contribution in [-0.2, 0) is 4.79 Å². The van der Waals surface area contributed by atoms with Gasteiger partial charge in [-0.15, -0.1) is 10.2 Å². The van der Waals surface area contributed by atoms with Crippen molar-refractivity contribution in [1.82, 2.24) is 20.2 Å². The van der Waals surface area contributed by atoms with Crippen LogP contribution in [0.25, 0.3) is 17.1 Å². The monoisotopic (exact) mass is 681 g/mol. The highest BCUT2D eigenvalue weighted by Crippen LogP contribution is 2.28. The molecule has 0 spiro atoms. The van der Waals surface area contributed by atoms with Crippen LogP contribution in [0.15, 0.2) is 83.1 Å². The van der Waals surface area contributed by atoms with E-state index in [-0.39, 0.29) is 17.4 Å². The Morgan fingerprint density at radius 2 is 1.76 bits per heavy atom. The lowest BCUT2D eigenvalue weighted by atomic mass is 10.2. The predicted octanol–water partition coefficient (Wildman–Crippen LogP) is 5.09. The van der Waals surface area contributed by atoms with Gasteiger partial charge in [0, 0.05) is 20.4 Å². The summed E-state index contributed by atoms with van der Waals surface area (Å²) in [4.78, 5) is 12.4. The maximum Gasteiger partial charge on any atom is 0.250 e. The Labute approximate surface area is 222 Å². The van der Waals surface area contributed by atoms with Crippen LogP contribution in [0, 0.1) is 7.14 Å². The minimum absolute atomic E-state index is 0.104. The van der Waals surface area contributed by atoms with Crippen molar-refractivity contribution in [1.29, 1.82) is 0 Å². The SMILES string of the molecule is O=C(CSc1nnc(-c2ccccc2)n1-c1ccccc1)N/N=C\c1cc(I)cc(I)c1O. The molecule has 1 aromatic heterocycles. The summed E-state index contributed by atoms with van der Waals surface area (Å²) < 4.78 is 3.62. The molecule has 0 saturated heterocycles. The quantitative estimate of drug-likeness (QED) is 0.123. The minimum atomic E-state index is -0.292. The molecule has 4 aromatic rings. The molecule has 0 atom stereocenters. The predicted molar refractivity (Wildman–Crippen MR) is 147 cm³/mol. The molecule has 4 rings (SSSR count). The molecule has 0 aliphatic rings. The number of rotatable bonds is 7. The molecule has 0 unspecified atom stereocenters. The van der Waals surface area contributed by atoms with Crippen molar-refractivity contribution in [3.05, 3.63) is 85.5 Å². The number of aromatic nitrogens is 3. The third-order valence-electron chi connectivity index (χ3n) is 4.46. The Hall–Kier alpha value is -2.45. The van der Waals surface area contributed by atoms with Gasteiger partial charge in [-0.1, -0.05) is 60.3 Å². The van der Waals surface area contributed by atoms with Gasteiger partial charge in [0.2, 0.25) is 0 Å². The van der Waals surface area contributed by atoms with Crippen molar-refractivity contribution in [3.8, 4) is 22.8 Å². The molecule has 166 valence electrons. The van der Waals surface area contributed by atoms with E-state index in [2.05, 4.69) is 65.9 Å². The first-order valence-corrected chi connectivity index (χ1v) is 12.9. The Morgan fingerprint density at radius 3 is 2.48 bits per heavy atom. The van der Waals surface area contributed by atoms with E-state index < -0.39 is 0 Å². The van der Waals surface area contributed by atoms with Crippen molar-refractivity contribution >= 4 is 69.1 Å². The molecule has 2 N–H and O–H groups in total. The van der Waals surface area contributed by atoms with E-state index in [0.717, 1.165) is 18.4 Å². The fourth-order valence-corrected chi connectivity index (χ4v) is 5.60. The Morgan fingerprint density at radius 1 is 1.06 bits per heavy atom. The Bertz CT molecular complexity index is 1300. The summed E-state index contributed by atoms with van der Waals surface area (Å²) in [6.07, 6.45) is 1.43. The number of benzene rings is 3. The summed E-state index contributed by atoms with van der Waals surface area (Å²) >= 11 is 5.49. The molecule has 0 radical (unpaired) electrons. The molecule has 0 fully saturated rings. The number of carbonyl (C=O) groups is 1. The van der Waals surface area contributed by atoms with Crippen LogP contribution in [0.2, 0.25) is 0 Å². The number of hydrogen-bond donors (Lipinski definition) is 2. The first kappa shape index (κ1) is 23.7. The molecular weight excluding hydrogens is 664 g/mol. The highest BCUT2D eigenvalue weighted by Gasteiger charge is 2.17. The van der Waals surface area contributed by atoms with Gasteiger partial charge in [-0.2, -0.15) is 5.10 Å². The van der Waals surface area contributed by atoms with Gasteiger partial charge in [0.15, 0.2) is 11.0 Å². The lowest BCUT2D eigenvalue weighted by Gasteiger charge is -2.10. The van der Waals surface area contributed by atoms with Gasteiger partial charge in [-0.25, -0.2) is 5.43 Å². The van der Waals surface area contributed by atoms with Crippen molar-refractivity contribution in [2.45, 2.75) is 5.16 Å². The summed E-state index contributed by atoms with van der Waals surface area (Å²) in [6.45, 7) is 0. The lowest BCUT2D eigenvalue weighted by molar-refractivity contribution is -0.118. The average molecular weight is 681 g/mol. The summed E-state index contributed by atoms with van der Waals surface area (Å²) in [7, 11) is 0. The summed E-state index contributed by atoms with van der Waals surface area (Å²) in [5.74, 6) is 0.645. The maximum absolute atomic E-state index is 12.4. The largest absolute Gasteiger partial charge is 0.506 e. The zero-order chi connectivity index (χ0) is 23.2. The highest BCUT2D eigenvalue weighted by atomic mass is 127. The lowest BCUT2D eigenvalue weighted by Crippen LogP contribution is -2.20. The van der Waals surface area contributed by atoms with Gasteiger partial charge < -0.3 is 5.11 Å². The average Bonchev–Trinajstić information content (AvgIpc) is 3.26. The molecule has 1 amide bonds. The van der Waals surface area contributed by atoms with Gasteiger partial charge in [-0.3, -0.25) is 9.36 Å². The zero-order valence-corrected chi connectivity index (χ0v) is 22.2. The number of halogens is 2. The third kappa shape index (κ3) is 5.92. The van der Waals surface area contributed by atoms with E-state index >= 15 is 0 Å². The van der Waals surface area contributed by atoms with Crippen molar-refractivity contribution in [3.63, 3.8) is 0 Å². The fraction of sp³-hybridized carbons (Fsp3) is 0.0435. The number of hydrazone groups is 1. The Kier molecular flexibility index (Phi) is 7.98. The molecule has 7 nitrogen and oxygen atoms in total. The number of phenolic OH excluding ortho intramolecular Hbond substituents is 1. The van der Waals surface area contributed by atoms with E-state index in [1.807, 2.05) is 71.3 Å². The number of aromatic hydroxyl groups is 1. The molecule has 0 saturated carbocycles. The smallest absolute Gasteiger partial charge is 0.250 e. The first-order valence-electron chi connectivity index (χ1n) is 9.72. The maximum atomic E-state index is 12.4. The molecule has 1 heterocycles. The van der Waals surface area contributed by atoms with Crippen LogP contribution in [0.3, 0.4) is 0 Å². The molecule has 0 aliphatic heterocycles. The van der Waals surface area contributed by atoms with E-state index in [1.165, 1.54) is 18.0 Å². The molecule has 33 heavy (non-hydrogen) atoms. The molecule has 0 bridgehead atoms. The minimum Gasteiger partial charge on any atom is -0.506 e. The van der Waals surface area contributed by atoms with Gasteiger partial charge >= 0.3 is 0 Å². The number of amides is 1. The number of thioether (sulfide) groups is 1. The number of nitrogens with one attached hydrogen (secondary N) is 1. The van der Waals surface area contributed by atoms with Crippen molar-refractivity contribution < 1.29 is 9.90 Å². The van der Waals surface area contributed by atoms with E-state index in [4.69, 9.17) is 0 Å². The highest BCUT2D eigenvalue weighted by molar-refractivity contribution is 14.1. The van der Waals surface area contributed by atoms with Crippen LogP contribution in [0.4, 0.5) is 0 Å². The second-order valence-electron chi connectivity index (χ2n) is 6.75. The number of para-hydroxylation sites is 1. The van der Waals surface area contributed by atoms with Crippen LogP contribution in [0.1, 0.15) is 5.56 Å². The zero-order valence-electron chi connectivity index (χ0n) is 17.0. The van der Waals surface area contributed by atoms with Crippen molar-refractivity contribution in [2.75, 3.05) is 5.75 Å². The second kappa shape index (κ2) is 11.1. The van der Waals surface area contributed by atoms with Gasteiger partial charge in [0.05, 0.1) is 15.5 Å². The van der Waals surface area contributed by atoms with E-state index in [1.54, 1.807) is 6.07 Å². The van der Waals surface area contributed by atoms with Gasteiger partial charge in [-0.05, 0) is 69.4 Å². The second-order valence-corrected chi connectivity index (χ2v) is 10.1. The fourth-order valence-electron chi connectivity index (χ4n) is 2.97. The van der Waals surface area contributed by atoms with E-state index in [0.29, 0.717) is 16.5 Å². The van der Waals surface area contributed by atoms with Crippen LogP contribution < -0.4 is 5.43 Å². The van der Waals surface area contributed by atoms with E-state index in [9.17, 15) is 9.90 Å². The molecule has 3 aromatic carbocycles. The number of carbonyl (C=O) groups excluding carboxylic acids is 1.